The summed E-state index contributed by atoms with van der Waals surface area (Å²) in [6.07, 6.45) is 9.78. The van der Waals surface area contributed by atoms with E-state index in [0.29, 0.717) is 24.1 Å². The van der Waals surface area contributed by atoms with Gasteiger partial charge in [-0.1, -0.05) is 30.8 Å². The number of carbonyl (C=O) groups excluding carboxylic acids is 1. The number of nitrogens with zero attached hydrogens (tertiary/aromatic N) is 3. The summed E-state index contributed by atoms with van der Waals surface area (Å²) < 4.78 is 10.3. The minimum Gasteiger partial charge on any atom is -0.456 e. The van der Waals surface area contributed by atoms with Crippen LogP contribution >= 0.6 is 0 Å². The second kappa shape index (κ2) is 7.15. The zero-order valence-electron chi connectivity index (χ0n) is 12.4. The molecule has 0 aliphatic heterocycles. The number of hydrogen-bond acceptors (Lipinski definition) is 6. The van der Waals surface area contributed by atoms with Crippen molar-refractivity contribution in [2.45, 2.75) is 45.1 Å². The average molecular weight is 301 g/mol. The Morgan fingerprint density at radius 2 is 2.23 bits per heavy atom. The summed E-state index contributed by atoms with van der Waals surface area (Å²) in [4.78, 5) is 19.9. The maximum Gasteiger partial charge on any atom is 0.306 e. The van der Waals surface area contributed by atoms with Crippen LogP contribution in [-0.4, -0.2) is 21.1 Å². The molecule has 3 rings (SSSR count). The van der Waals surface area contributed by atoms with Gasteiger partial charge in [0.1, 0.15) is 0 Å². The minimum absolute atomic E-state index is 0.0246. The van der Waals surface area contributed by atoms with E-state index >= 15 is 0 Å². The number of hydrogen-bond donors (Lipinski definition) is 0. The van der Waals surface area contributed by atoms with Crippen LogP contribution in [-0.2, 0) is 16.1 Å². The van der Waals surface area contributed by atoms with Gasteiger partial charge in [-0.2, -0.15) is 4.98 Å². The van der Waals surface area contributed by atoms with Gasteiger partial charge in [0.15, 0.2) is 6.61 Å². The van der Waals surface area contributed by atoms with Gasteiger partial charge in [-0.15, -0.1) is 0 Å². The van der Waals surface area contributed by atoms with Gasteiger partial charge in [-0.25, -0.2) is 0 Å². The molecule has 0 spiro atoms. The second-order valence-electron chi connectivity index (χ2n) is 5.60. The topological polar surface area (TPSA) is 78.1 Å². The summed E-state index contributed by atoms with van der Waals surface area (Å²) in [5.41, 5.74) is 0.769. The fraction of sp³-hybridized carbons (Fsp3) is 0.500. The van der Waals surface area contributed by atoms with Crippen molar-refractivity contribution in [1.82, 2.24) is 15.1 Å². The quantitative estimate of drug-likeness (QED) is 0.763. The van der Waals surface area contributed by atoms with Crippen molar-refractivity contribution in [3.05, 3.63) is 30.4 Å². The van der Waals surface area contributed by atoms with Gasteiger partial charge >= 0.3 is 5.97 Å². The highest BCUT2D eigenvalue weighted by atomic mass is 16.6. The Kier molecular flexibility index (Phi) is 4.78. The van der Waals surface area contributed by atoms with E-state index in [2.05, 4.69) is 15.1 Å². The van der Waals surface area contributed by atoms with Crippen LogP contribution in [0.25, 0.3) is 11.4 Å². The fourth-order valence-electron chi connectivity index (χ4n) is 2.76. The summed E-state index contributed by atoms with van der Waals surface area (Å²) in [5.74, 6) is 1.24. The lowest BCUT2D eigenvalue weighted by atomic mass is 10.0. The molecule has 0 radical (unpaired) electrons. The first kappa shape index (κ1) is 14.7. The third-order valence-corrected chi connectivity index (χ3v) is 3.98. The number of pyridine rings is 1. The van der Waals surface area contributed by atoms with Crippen LogP contribution in [0.15, 0.2) is 29.0 Å². The van der Waals surface area contributed by atoms with E-state index in [0.717, 1.165) is 12.0 Å². The molecule has 0 amide bonds. The van der Waals surface area contributed by atoms with Crippen molar-refractivity contribution in [3.8, 4) is 11.4 Å². The molecular formula is C16H19N3O3. The Morgan fingerprint density at radius 1 is 1.36 bits per heavy atom. The van der Waals surface area contributed by atoms with Crippen molar-refractivity contribution in [2.75, 3.05) is 0 Å². The predicted octanol–water partition coefficient (Wildman–Crippen LogP) is 3.15. The molecule has 0 saturated heterocycles. The van der Waals surface area contributed by atoms with Crippen LogP contribution in [0.3, 0.4) is 0 Å². The van der Waals surface area contributed by atoms with Crippen LogP contribution in [0.2, 0.25) is 0 Å². The molecule has 2 aromatic heterocycles. The van der Waals surface area contributed by atoms with E-state index in [4.69, 9.17) is 9.26 Å². The average Bonchev–Trinajstić information content (AvgIpc) is 3.23. The summed E-state index contributed by atoms with van der Waals surface area (Å²) in [5, 5.41) is 3.86. The zero-order chi connectivity index (χ0) is 15.2. The molecule has 0 N–H and O–H groups in total. The summed E-state index contributed by atoms with van der Waals surface area (Å²) in [7, 11) is 0. The molecule has 116 valence electrons. The van der Waals surface area contributed by atoms with E-state index in [-0.39, 0.29) is 12.6 Å². The zero-order valence-corrected chi connectivity index (χ0v) is 12.4. The first-order valence-electron chi connectivity index (χ1n) is 7.70. The largest absolute Gasteiger partial charge is 0.456 e. The van der Waals surface area contributed by atoms with E-state index in [1.807, 2.05) is 6.07 Å². The summed E-state index contributed by atoms with van der Waals surface area (Å²) in [6.45, 7) is 0.0246. The first-order valence-corrected chi connectivity index (χ1v) is 7.70. The monoisotopic (exact) mass is 301 g/mol. The lowest BCUT2D eigenvalue weighted by molar-refractivity contribution is -0.146. The highest BCUT2D eigenvalue weighted by molar-refractivity contribution is 5.69. The third-order valence-electron chi connectivity index (χ3n) is 3.98. The van der Waals surface area contributed by atoms with Gasteiger partial charge in [-0.3, -0.25) is 9.78 Å². The fourth-order valence-corrected chi connectivity index (χ4v) is 2.76. The molecule has 2 aromatic rings. The van der Waals surface area contributed by atoms with Crippen molar-refractivity contribution >= 4 is 5.97 Å². The molecule has 2 heterocycles. The Balaban J connectivity index is 1.45. The SMILES string of the molecule is O=C(CCC1CCCC1)OCc1nc(-c2cccnc2)no1. The first-order chi connectivity index (χ1) is 10.8. The lowest BCUT2D eigenvalue weighted by Gasteiger charge is -2.07. The molecule has 1 saturated carbocycles. The number of aromatic nitrogens is 3. The van der Waals surface area contributed by atoms with E-state index in [1.165, 1.54) is 25.7 Å². The van der Waals surface area contributed by atoms with Gasteiger partial charge in [-0.05, 0) is 24.5 Å². The van der Waals surface area contributed by atoms with Crippen molar-refractivity contribution in [2.24, 2.45) is 5.92 Å². The molecule has 0 bridgehead atoms. The second-order valence-corrected chi connectivity index (χ2v) is 5.60. The Bertz CT molecular complexity index is 606. The smallest absolute Gasteiger partial charge is 0.306 e. The number of rotatable bonds is 6. The van der Waals surface area contributed by atoms with Crippen molar-refractivity contribution in [3.63, 3.8) is 0 Å². The van der Waals surface area contributed by atoms with Gasteiger partial charge in [0, 0.05) is 24.4 Å². The maximum atomic E-state index is 11.7. The van der Waals surface area contributed by atoms with Gasteiger partial charge in [0.05, 0.1) is 0 Å². The molecule has 1 aliphatic carbocycles. The van der Waals surface area contributed by atoms with E-state index in [1.54, 1.807) is 18.5 Å². The van der Waals surface area contributed by atoms with E-state index in [9.17, 15) is 4.79 Å². The third kappa shape index (κ3) is 3.90. The molecule has 6 nitrogen and oxygen atoms in total. The molecule has 1 aliphatic rings. The Hall–Kier alpha value is -2.24. The van der Waals surface area contributed by atoms with Gasteiger partial charge in [0.2, 0.25) is 5.82 Å². The van der Waals surface area contributed by atoms with Crippen LogP contribution in [0.5, 0.6) is 0 Å². The summed E-state index contributed by atoms with van der Waals surface area (Å²) in [6, 6.07) is 3.64. The molecule has 0 aromatic carbocycles. The van der Waals surface area contributed by atoms with Gasteiger partial charge in [0.25, 0.3) is 5.89 Å². The van der Waals surface area contributed by atoms with Crippen LogP contribution in [0.1, 0.15) is 44.4 Å². The molecule has 0 unspecified atom stereocenters. The molecule has 1 fully saturated rings. The maximum absolute atomic E-state index is 11.7. The Morgan fingerprint density at radius 3 is 3.00 bits per heavy atom. The lowest BCUT2D eigenvalue weighted by Crippen LogP contribution is -2.07. The normalized spacial score (nSPS) is 15.1. The predicted molar refractivity (Wildman–Crippen MR) is 78.5 cm³/mol. The number of esters is 1. The summed E-state index contributed by atoms with van der Waals surface area (Å²) >= 11 is 0. The van der Waals surface area contributed by atoms with Crippen LogP contribution < -0.4 is 0 Å². The standard InChI is InChI=1S/C16H19N3O3/c20-15(8-7-12-4-1-2-5-12)21-11-14-18-16(19-22-14)13-6-3-9-17-10-13/h3,6,9-10,12H,1-2,4-5,7-8,11H2. The highest BCUT2D eigenvalue weighted by Crippen LogP contribution is 2.28. The van der Waals surface area contributed by atoms with Crippen LogP contribution in [0.4, 0.5) is 0 Å². The highest BCUT2D eigenvalue weighted by Gasteiger charge is 2.17. The Labute approximate surface area is 128 Å². The van der Waals surface area contributed by atoms with Gasteiger partial charge < -0.3 is 9.26 Å². The number of carbonyl (C=O) groups is 1. The molecule has 6 heteroatoms. The molecule has 22 heavy (non-hydrogen) atoms. The number of ether oxygens (including phenoxy) is 1. The van der Waals surface area contributed by atoms with E-state index < -0.39 is 0 Å². The van der Waals surface area contributed by atoms with Crippen molar-refractivity contribution in [1.29, 1.82) is 0 Å². The molecular weight excluding hydrogens is 282 g/mol. The minimum atomic E-state index is -0.201. The van der Waals surface area contributed by atoms with Crippen LogP contribution in [0, 0.1) is 5.92 Å². The molecule has 0 atom stereocenters. The van der Waals surface area contributed by atoms with Crippen molar-refractivity contribution < 1.29 is 14.1 Å².